The Balaban J connectivity index is 3.47. The second kappa shape index (κ2) is 3.69. The molecule has 0 bridgehead atoms. The molecule has 0 atom stereocenters. The molecule has 1 aromatic heterocycles. The van der Waals surface area contributed by atoms with Crippen molar-refractivity contribution in [1.82, 2.24) is 4.98 Å². The number of aromatic nitrogens is 1. The second-order valence-electron chi connectivity index (χ2n) is 2.09. The Kier molecular flexibility index (Phi) is 3.00. The van der Waals surface area contributed by atoms with Gasteiger partial charge in [-0.1, -0.05) is 11.6 Å². The fourth-order valence-corrected chi connectivity index (χ4v) is 2.00. The summed E-state index contributed by atoms with van der Waals surface area (Å²) in [5.74, 6) is 0.00617. The van der Waals surface area contributed by atoms with E-state index in [2.05, 4.69) is 4.98 Å². The highest BCUT2D eigenvalue weighted by molar-refractivity contribution is 8.13. The van der Waals surface area contributed by atoms with Crippen molar-refractivity contribution in [2.75, 3.05) is 7.11 Å². The molecule has 0 fully saturated rings. The van der Waals surface area contributed by atoms with Crippen LogP contribution in [0.2, 0.25) is 5.02 Å². The minimum absolute atomic E-state index is 0.00617. The van der Waals surface area contributed by atoms with Crippen LogP contribution in [0.4, 0.5) is 0 Å². The summed E-state index contributed by atoms with van der Waals surface area (Å²) in [6.07, 6.45) is 2.35. The molecule has 1 heterocycles. The first kappa shape index (κ1) is 10.6. The third-order valence-electron chi connectivity index (χ3n) is 1.29. The van der Waals surface area contributed by atoms with Crippen LogP contribution in [0.3, 0.4) is 0 Å². The number of hydrogen-bond donors (Lipinski definition) is 0. The van der Waals surface area contributed by atoms with Gasteiger partial charge in [-0.2, -0.15) is 0 Å². The smallest absolute Gasteiger partial charge is 0.266 e. The summed E-state index contributed by atoms with van der Waals surface area (Å²) in [6, 6.07) is 0. The topological polar surface area (TPSA) is 56.3 Å². The number of halogens is 2. The maximum absolute atomic E-state index is 11.0. The van der Waals surface area contributed by atoms with Crippen molar-refractivity contribution < 1.29 is 13.2 Å². The number of nitrogens with zero attached hydrogens (tertiary/aromatic N) is 1. The van der Waals surface area contributed by atoms with E-state index in [1.807, 2.05) is 0 Å². The monoisotopic (exact) mass is 241 g/mol. The summed E-state index contributed by atoms with van der Waals surface area (Å²) in [5, 5.41) is 0.101. The Morgan fingerprint density at radius 2 is 2.08 bits per heavy atom. The highest BCUT2D eigenvalue weighted by Gasteiger charge is 2.19. The van der Waals surface area contributed by atoms with Gasteiger partial charge in [0.1, 0.15) is 9.92 Å². The molecular weight excluding hydrogens is 237 g/mol. The molecule has 13 heavy (non-hydrogen) atoms. The minimum atomic E-state index is -3.87. The van der Waals surface area contributed by atoms with E-state index in [0.29, 0.717) is 0 Å². The summed E-state index contributed by atoms with van der Waals surface area (Å²) in [5.41, 5.74) is 0. The van der Waals surface area contributed by atoms with Crippen LogP contribution >= 0.6 is 22.3 Å². The molecular formula is C6H5Cl2NO3S. The predicted octanol–water partition coefficient (Wildman–Crippen LogP) is 1.67. The lowest BCUT2D eigenvalue weighted by atomic mass is 10.4. The van der Waals surface area contributed by atoms with Crippen molar-refractivity contribution in [3.63, 3.8) is 0 Å². The molecule has 72 valence electrons. The lowest BCUT2D eigenvalue weighted by Gasteiger charge is -2.05. The number of methoxy groups -OCH3 is 1. The maximum Gasteiger partial charge on any atom is 0.266 e. The molecule has 1 aromatic rings. The molecule has 0 amide bonds. The first-order valence-electron chi connectivity index (χ1n) is 3.09. The van der Waals surface area contributed by atoms with Gasteiger partial charge in [-0.05, 0) is 0 Å². The van der Waals surface area contributed by atoms with Crippen molar-refractivity contribution in [3.8, 4) is 5.75 Å². The zero-order valence-corrected chi connectivity index (χ0v) is 8.82. The van der Waals surface area contributed by atoms with E-state index in [-0.39, 0.29) is 15.7 Å². The summed E-state index contributed by atoms with van der Waals surface area (Å²) in [6.45, 7) is 0. The van der Waals surface area contributed by atoms with Crippen LogP contribution in [0, 0.1) is 0 Å². The molecule has 0 aliphatic rings. The highest BCUT2D eigenvalue weighted by Crippen LogP contribution is 2.32. The standard InChI is InChI=1S/C6H5Cl2NO3S/c1-12-6-4(7)2-9-3-5(6)13(8,10)11/h2-3H,1H3. The quantitative estimate of drug-likeness (QED) is 0.740. The Labute approximate surface area is 84.9 Å². The SMILES string of the molecule is COc1c(Cl)cncc1S(=O)(=O)Cl. The summed E-state index contributed by atoms with van der Waals surface area (Å²) >= 11 is 5.62. The second-order valence-corrected chi connectivity index (χ2v) is 5.03. The molecule has 0 unspecified atom stereocenters. The third kappa shape index (κ3) is 2.24. The maximum atomic E-state index is 11.0. The van der Waals surface area contributed by atoms with Crippen LogP contribution in [0.15, 0.2) is 17.3 Å². The zero-order valence-electron chi connectivity index (χ0n) is 6.49. The van der Waals surface area contributed by atoms with Gasteiger partial charge in [-0.25, -0.2) is 8.42 Å². The summed E-state index contributed by atoms with van der Waals surface area (Å²) in [4.78, 5) is 3.35. The van der Waals surface area contributed by atoms with Gasteiger partial charge >= 0.3 is 0 Å². The molecule has 0 aliphatic carbocycles. The number of rotatable bonds is 2. The van der Waals surface area contributed by atoms with Gasteiger partial charge in [0.05, 0.1) is 13.3 Å². The van der Waals surface area contributed by atoms with Gasteiger partial charge in [0.25, 0.3) is 9.05 Å². The van der Waals surface area contributed by atoms with E-state index >= 15 is 0 Å². The highest BCUT2D eigenvalue weighted by atomic mass is 35.7. The van der Waals surface area contributed by atoms with Crippen LogP contribution in [0.25, 0.3) is 0 Å². The molecule has 0 radical (unpaired) electrons. The molecule has 0 saturated carbocycles. The molecule has 0 aliphatic heterocycles. The molecule has 7 heteroatoms. The van der Waals surface area contributed by atoms with Crippen LogP contribution in [-0.4, -0.2) is 20.5 Å². The summed E-state index contributed by atoms with van der Waals surface area (Å²) in [7, 11) is 2.54. The average Bonchev–Trinajstić information content (AvgIpc) is 2.02. The van der Waals surface area contributed by atoms with E-state index in [0.717, 1.165) is 6.20 Å². The van der Waals surface area contributed by atoms with E-state index in [1.165, 1.54) is 13.3 Å². The molecule has 1 rings (SSSR count). The van der Waals surface area contributed by atoms with E-state index in [1.54, 1.807) is 0 Å². The lowest BCUT2D eigenvalue weighted by molar-refractivity contribution is 0.402. The zero-order chi connectivity index (χ0) is 10.1. The lowest BCUT2D eigenvalue weighted by Crippen LogP contribution is -1.97. The van der Waals surface area contributed by atoms with Gasteiger partial charge in [0.2, 0.25) is 0 Å². The van der Waals surface area contributed by atoms with E-state index < -0.39 is 9.05 Å². The van der Waals surface area contributed by atoms with Crippen LogP contribution in [0.1, 0.15) is 0 Å². The van der Waals surface area contributed by atoms with Crippen LogP contribution in [-0.2, 0) is 9.05 Å². The van der Waals surface area contributed by atoms with Gasteiger partial charge < -0.3 is 4.74 Å². The van der Waals surface area contributed by atoms with E-state index in [4.69, 9.17) is 27.0 Å². The van der Waals surface area contributed by atoms with Crippen molar-refractivity contribution >= 4 is 31.3 Å². The Morgan fingerprint density at radius 1 is 1.46 bits per heavy atom. The van der Waals surface area contributed by atoms with E-state index in [9.17, 15) is 8.42 Å². The van der Waals surface area contributed by atoms with Crippen molar-refractivity contribution in [3.05, 3.63) is 17.4 Å². The van der Waals surface area contributed by atoms with Crippen LogP contribution < -0.4 is 4.74 Å². The number of ether oxygens (including phenoxy) is 1. The number of hydrogen-bond acceptors (Lipinski definition) is 4. The predicted molar refractivity (Wildman–Crippen MR) is 48.8 cm³/mol. The number of pyridine rings is 1. The van der Waals surface area contributed by atoms with Crippen LogP contribution in [0.5, 0.6) is 5.75 Å². The molecule has 0 aromatic carbocycles. The van der Waals surface area contributed by atoms with Gasteiger partial charge in [-0.3, -0.25) is 4.98 Å². The molecule has 0 saturated heterocycles. The average molecular weight is 242 g/mol. The van der Waals surface area contributed by atoms with Gasteiger partial charge in [0, 0.05) is 16.9 Å². The fraction of sp³-hybridized carbons (Fsp3) is 0.167. The Morgan fingerprint density at radius 3 is 2.46 bits per heavy atom. The van der Waals surface area contributed by atoms with Gasteiger partial charge in [-0.15, -0.1) is 0 Å². The first-order valence-corrected chi connectivity index (χ1v) is 5.77. The van der Waals surface area contributed by atoms with Crippen molar-refractivity contribution in [1.29, 1.82) is 0 Å². The summed E-state index contributed by atoms with van der Waals surface area (Å²) < 4.78 is 26.7. The normalized spacial score (nSPS) is 11.3. The van der Waals surface area contributed by atoms with Gasteiger partial charge in [0.15, 0.2) is 5.75 Å². The molecule has 0 spiro atoms. The van der Waals surface area contributed by atoms with Crippen molar-refractivity contribution in [2.45, 2.75) is 4.90 Å². The fourth-order valence-electron chi connectivity index (χ4n) is 0.777. The molecule has 4 nitrogen and oxygen atoms in total. The Bertz CT molecular complexity index is 418. The van der Waals surface area contributed by atoms with Crippen molar-refractivity contribution in [2.24, 2.45) is 0 Å². The Hall–Kier alpha value is -0.520. The largest absolute Gasteiger partial charge is 0.494 e. The molecule has 0 N–H and O–H groups in total. The minimum Gasteiger partial charge on any atom is -0.494 e. The first-order chi connectivity index (χ1) is 5.96. The third-order valence-corrected chi connectivity index (χ3v) is 2.87.